The molecule has 1 N–H and O–H groups in total. The second kappa shape index (κ2) is 9.31. The SMILES string of the molecule is Cc1cc(C)c(S(=O)(=O)N[C@H](Cc2ccccc2)C(=O)N2CCC(C)CC2)c(C)c1. The van der Waals surface area contributed by atoms with Gasteiger partial charge in [-0.15, -0.1) is 0 Å². The van der Waals surface area contributed by atoms with Gasteiger partial charge in [-0.2, -0.15) is 4.72 Å². The molecule has 1 aliphatic heterocycles. The second-order valence-electron chi connectivity index (χ2n) is 8.60. The molecule has 1 aliphatic rings. The van der Waals surface area contributed by atoms with E-state index in [1.165, 1.54) is 0 Å². The molecule has 162 valence electrons. The van der Waals surface area contributed by atoms with Gasteiger partial charge in [0.2, 0.25) is 15.9 Å². The largest absolute Gasteiger partial charge is 0.341 e. The number of hydrogen-bond donors (Lipinski definition) is 1. The molecule has 0 aliphatic carbocycles. The van der Waals surface area contributed by atoms with Gasteiger partial charge in [0.25, 0.3) is 0 Å². The minimum Gasteiger partial charge on any atom is -0.341 e. The summed E-state index contributed by atoms with van der Waals surface area (Å²) in [6.45, 7) is 9.09. The smallest absolute Gasteiger partial charge is 0.241 e. The second-order valence-corrected chi connectivity index (χ2v) is 10.3. The quantitative estimate of drug-likeness (QED) is 0.762. The lowest BCUT2D eigenvalue weighted by molar-refractivity contribution is -0.134. The van der Waals surface area contributed by atoms with E-state index in [0.29, 0.717) is 36.6 Å². The zero-order valence-corrected chi connectivity index (χ0v) is 19.1. The molecule has 1 amide bonds. The summed E-state index contributed by atoms with van der Waals surface area (Å²) in [6, 6.07) is 12.5. The topological polar surface area (TPSA) is 66.5 Å². The van der Waals surface area contributed by atoms with Gasteiger partial charge in [0.15, 0.2) is 0 Å². The Hall–Kier alpha value is -2.18. The highest BCUT2D eigenvalue weighted by atomic mass is 32.2. The fourth-order valence-electron chi connectivity index (χ4n) is 4.32. The van der Waals surface area contributed by atoms with Crippen molar-refractivity contribution in [2.45, 2.75) is 57.9 Å². The first-order valence-electron chi connectivity index (χ1n) is 10.6. The molecule has 0 saturated carbocycles. The van der Waals surface area contributed by atoms with Gasteiger partial charge in [0.05, 0.1) is 4.90 Å². The molecule has 6 heteroatoms. The Labute approximate surface area is 180 Å². The minimum atomic E-state index is -3.85. The van der Waals surface area contributed by atoms with E-state index in [-0.39, 0.29) is 10.8 Å². The first-order valence-corrected chi connectivity index (χ1v) is 12.1. The number of sulfonamides is 1. The average molecular weight is 429 g/mol. The van der Waals surface area contributed by atoms with E-state index < -0.39 is 16.1 Å². The van der Waals surface area contributed by atoms with Gasteiger partial charge in [0, 0.05) is 13.1 Å². The Balaban J connectivity index is 1.91. The minimum absolute atomic E-state index is 0.142. The van der Waals surface area contributed by atoms with Gasteiger partial charge in [-0.25, -0.2) is 8.42 Å². The number of benzene rings is 2. The van der Waals surface area contributed by atoms with Gasteiger partial charge in [-0.1, -0.05) is 55.0 Å². The van der Waals surface area contributed by atoms with Crippen molar-refractivity contribution in [1.29, 1.82) is 0 Å². The lowest BCUT2D eigenvalue weighted by atomic mass is 9.98. The normalized spacial score (nSPS) is 16.5. The van der Waals surface area contributed by atoms with Crippen LogP contribution in [0.25, 0.3) is 0 Å². The third-order valence-corrected chi connectivity index (χ3v) is 7.62. The summed E-state index contributed by atoms with van der Waals surface area (Å²) < 4.78 is 29.4. The van der Waals surface area contributed by atoms with Crippen LogP contribution >= 0.6 is 0 Å². The van der Waals surface area contributed by atoms with Gasteiger partial charge in [-0.3, -0.25) is 4.79 Å². The molecule has 1 heterocycles. The molecule has 0 radical (unpaired) electrons. The summed E-state index contributed by atoms with van der Waals surface area (Å²) in [5.41, 5.74) is 3.33. The van der Waals surface area contributed by atoms with Crippen LogP contribution in [0.5, 0.6) is 0 Å². The molecule has 0 bridgehead atoms. The predicted octanol–water partition coefficient (Wildman–Crippen LogP) is 3.76. The number of likely N-dealkylation sites (tertiary alicyclic amines) is 1. The van der Waals surface area contributed by atoms with Crippen LogP contribution in [0.2, 0.25) is 0 Å². The van der Waals surface area contributed by atoms with Crippen molar-refractivity contribution in [3.63, 3.8) is 0 Å². The number of rotatable bonds is 6. The molecule has 5 nitrogen and oxygen atoms in total. The maximum absolute atomic E-state index is 13.3. The van der Waals surface area contributed by atoms with E-state index in [0.717, 1.165) is 24.0 Å². The van der Waals surface area contributed by atoms with Crippen molar-refractivity contribution in [2.75, 3.05) is 13.1 Å². The van der Waals surface area contributed by atoms with E-state index in [1.807, 2.05) is 54.3 Å². The number of carbonyl (C=O) groups is 1. The highest BCUT2D eigenvalue weighted by molar-refractivity contribution is 7.89. The highest BCUT2D eigenvalue weighted by Crippen LogP contribution is 2.23. The molecule has 1 saturated heterocycles. The number of nitrogens with zero attached hydrogens (tertiary/aromatic N) is 1. The number of aryl methyl sites for hydroxylation is 3. The molecule has 2 aromatic rings. The highest BCUT2D eigenvalue weighted by Gasteiger charge is 2.32. The summed E-state index contributed by atoms with van der Waals surface area (Å²) in [4.78, 5) is 15.4. The number of piperidine rings is 1. The van der Waals surface area contributed by atoms with E-state index in [1.54, 1.807) is 13.8 Å². The number of amides is 1. The summed E-state index contributed by atoms with van der Waals surface area (Å²) in [5, 5.41) is 0. The van der Waals surface area contributed by atoms with Crippen LogP contribution in [-0.4, -0.2) is 38.4 Å². The molecule has 0 spiro atoms. The average Bonchev–Trinajstić information content (AvgIpc) is 2.67. The van der Waals surface area contributed by atoms with Gasteiger partial charge < -0.3 is 4.90 Å². The van der Waals surface area contributed by atoms with Crippen molar-refractivity contribution < 1.29 is 13.2 Å². The van der Waals surface area contributed by atoms with Crippen molar-refractivity contribution in [1.82, 2.24) is 9.62 Å². The van der Waals surface area contributed by atoms with Crippen LogP contribution in [0.1, 0.15) is 42.0 Å². The maximum Gasteiger partial charge on any atom is 0.241 e. The fourth-order valence-corrected chi connectivity index (χ4v) is 5.96. The molecule has 1 atom stereocenters. The molecule has 0 unspecified atom stereocenters. The molecule has 1 fully saturated rings. The Kier molecular flexibility index (Phi) is 6.98. The third kappa shape index (κ3) is 5.29. The zero-order chi connectivity index (χ0) is 21.9. The molecule has 0 aromatic heterocycles. The van der Waals surface area contributed by atoms with E-state index in [9.17, 15) is 13.2 Å². The maximum atomic E-state index is 13.3. The zero-order valence-electron chi connectivity index (χ0n) is 18.3. The summed E-state index contributed by atoms with van der Waals surface area (Å²) >= 11 is 0. The van der Waals surface area contributed by atoms with Crippen molar-refractivity contribution in [3.8, 4) is 0 Å². The van der Waals surface area contributed by atoms with Gasteiger partial charge in [0.1, 0.15) is 6.04 Å². The summed E-state index contributed by atoms with van der Waals surface area (Å²) in [7, 11) is -3.85. The van der Waals surface area contributed by atoms with Crippen LogP contribution < -0.4 is 4.72 Å². The van der Waals surface area contributed by atoms with Crippen molar-refractivity contribution in [2.24, 2.45) is 5.92 Å². The lowest BCUT2D eigenvalue weighted by Gasteiger charge is -2.33. The first kappa shape index (κ1) is 22.5. The first-order chi connectivity index (χ1) is 14.2. The Morgan fingerprint density at radius 1 is 1.07 bits per heavy atom. The summed E-state index contributed by atoms with van der Waals surface area (Å²) in [5.74, 6) is 0.452. The predicted molar refractivity (Wildman–Crippen MR) is 120 cm³/mol. The van der Waals surface area contributed by atoms with Crippen LogP contribution in [0.3, 0.4) is 0 Å². The molecular formula is C24H32N2O3S. The lowest BCUT2D eigenvalue weighted by Crippen LogP contribution is -2.51. The Morgan fingerprint density at radius 2 is 1.63 bits per heavy atom. The summed E-state index contributed by atoms with van der Waals surface area (Å²) in [6.07, 6.45) is 2.23. The number of carbonyl (C=O) groups excluding carboxylic acids is 1. The Morgan fingerprint density at radius 3 is 2.20 bits per heavy atom. The monoisotopic (exact) mass is 428 g/mol. The van der Waals surface area contributed by atoms with E-state index in [2.05, 4.69) is 11.6 Å². The molecule has 2 aromatic carbocycles. The standard InChI is InChI=1S/C24H32N2O3S/c1-17-10-12-26(13-11-17)24(27)22(16-21-8-6-5-7-9-21)25-30(28,29)23-19(3)14-18(2)15-20(23)4/h5-9,14-15,17,22,25H,10-13,16H2,1-4H3/t22-/m1/s1. The van der Waals surface area contributed by atoms with E-state index >= 15 is 0 Å². The van der Waals surface area contributed by atoms with Crippen LogP contribution in [0, 0.1) is 26.7 Å². The van der Waals surface area contributed by atoms with Gasteiger partial charge in [-0.05, 0) is 62.6 Å². The molecule has 3 rings (SSSR count). The van der Waals surface area contributed by atoms with Gasteiger partial charge >= 0.3 is 0 Å². The number of nitrogens with one attached hydrogen (secondary N) is 1. The third-order valence-electron chi connectivity index (χ3n) is 5.85. The molecule has 30 heavy (non-hydrogen) atoms. The van der Waals surface area contributed by atoms with Crippen LogP contribution in [0.4, 0.5) is 0 Å². The fraction of sp³-hybridized carbons (Fsp3) is 0.458. The van der Waals surface area contributed by atoms with E-state index in [4.69, 9.17) is 0 Å². The van der Waals surface area contributed by atoms with Crippen LogP contribution in [0.15, 0.2) is 47.4 Å². The Bertz CT molecular complexity index is 971. The van der Waals surface area contributed by atoms with Crippen molar-refractivity contribution >= 4 is 15.9 Å². The molecular weight excluding hydrogens is 396 g/mol. The van der Waals surface area contributed by atoms with Crippen LogP contribution in [-0.2, 0) is 21.2 Å². The number of hydrogen-bond acceptors (Lipinski definition) is 3. The van der Waals surface area contributed by atoms with Crippen molar-refractivity contribution in [3.05, 3.63) is 64.7 Å².